The lowest BCUT2D eigenvalue weighted by molar-refractivity contribution is -0.135. The number of likely N-dealkylation sites (N-methyl/N-ethyl adjacent to an activating group) is 1. The van der Waals surface area contributed by atoms with E-state index >= 15 is 0 Å². The highest BCUT2D eigenvalue weighted by Crippen LogP contribution is 2.31. The molecule has 2 aromatic carbocycles. The standard InChI is InChI=1S/C23H23ClN2O5/c1-4-15-7-5-6-8-18(15)25-21(27)12-26(3)22(28)13-30-20-11-19-16(10-17(20)24)14(2)9-23(29)31-19/h5-11H,4,12-13H2,1-3H3,(H,25,27). The van der Waals surface area contributed by atoms with E-state index in [-0.39, 0.29) is 29.8 Å². The number of ether oxygens (including phenoxy) is 1. The van der Waals surface area contributed by atoms with E-state index in [4.69, 9.17) is 20.8 Å². The van der Waals surface area contributed by atoms with E-state index in [1.165, 1.54) is 24.1 Å². The van der Waals surface area contributed by atoms with E-state index < -0.39 is 11.5 Å². The molecule has 0 aliphatic carbocycles. The van der Waals surface area contributed by atoms with Crippen molar-refractivity contribution in [3.63, 3.8) is 0 Å². The van der Waals surface area contributed by atoms with Gasteiger partial charge >= 0.3 is 5.63 Å². The van der Waals surface area contributed by atoms with Crippen LogP contribution in [0.5, 0.6) is 5.75 Å². The van der Waals surface area contributed by atoms with Crippen molar-refractivity contribution >= 4 is 40.1 Å². The number of halogens is 1. The summed E-state index contributed by atoms with van der Waals surface area (Å²) in [7, 11) is 1.52. The first-order chi connectivity index (χ1) is 14.8. The van der Waals surface area contributed by atoms with Gasteiger partial charge in [-0.1, -0.05) is 36.7 Å². The summed E-state index contributed by atoms with van der Waals surface area (Å²) < 4.78 is 10.7. The summed E-state index contributed by atoms with van der Waals surface area (Å²) in [5, 5.41) is 3.79. The number of para-hydroxylation sites is 1. The number of carbonyl (C=O) groups is 2. The summed E-state index contributed by atoms with van der Waals surface area (Å²) in [4.78, 5) is 37.6. The molecule has 0 saturated heterocycles. The molecular weight excluding hydrogens is 420 g/mol. The molecule has 1 aromatic heterocycles. The molecule has 0 atom stereocenters. The van der Waals surface area contributed by atoms with Crippen LogP contribution < -0.4 is 15.7 Å². The summed E-state index contributed by atoms with van der Waals surface area (Å²) in [5.41, 5.74) is 2.31. The van der Waals surface area contributed by atoms with E-state index in [9.17, 15) is 14.4 Å². The Hall–Kier alpha value is -3.32. The molecule has 1 heterocycles. The maximum Gasteiger partial charge on any atom is 0.336 e. The van der Waals surface area contributed by atoms with E-state index in [0.29, 0.717) is 11.0 Å². The van der Waals surface area contributed by atoms with Gasteiger partial charge in [0.25, 0.3) is 5.91 Å². The van der Waals surface area contributed by atoms with Crippen LogP contribution in [-0.4, -0.2) is 36.9 Å². The molecule has 0 spiro atoms. The molecule has 0 bridgehead atoms. The highest BCUT2D eigenvalue weighted by atomic mass is 35.5. The maximum atomic E-state index is 12.4. The van der Waals surface area contributed by atoms with Crippen LogP contribution in [0, 0.1) is 6.92 Å². The third-order valence-electron chi connectivity index (χ3n) is 4.83. The smallest absolute Gasteiger partial charge is 0.336 e. The Bertz CT molecular complexity index is 1190. The monoisotopic (exact) mass is 442 g/mol. The van der Waals surface area contributed by atoms with Crippen LogP contribution in [0.25, 0.3) is 11.0 Å². The fraction of sp³-hybridized carbons (Fsp3) is 0.261. The molecule has 1 N–H and O–H groups in total. The molecule has 3 aromatic rings. The number of benzene rings is 2. The maximum absolute atomic E-state index is 12.4. The van der Waals surface area contributed by atoms with E-state index in [1.807, 2.05) is 31.2 Å². The zero-order valence-corrected chi connectivity index (χ0v) is 18.3. The second kappa shape index (κ2) is 9.66. The van der Waals surface area contributed by atoms with Gasteiger partial charge in [-0.15, -0.1) is 0 Å². The average molecular weight is 443 g/mol. The van der Waals surface area contributed by atoms with Gasteiger partial charge in [-0.25, -0.2) is 4.79 Å². The molecule has 0 aliphatic heterocycles. The second-order valence-electron chi connectivity index (χ2n) is 7.12. The van der Waals surface area contributed by atoms with Gasteiger partial charge in [0.1, 0.15) is 11.3 Å². The zero-order chi connectivity index (χ0) is 22.5. The van der Waals surface area contributed by atoms with E-state index in [0.717, 1.165) is 23.2 Å². The lowest BCUT2D eigenvalue weighted by Crippen LogP contribution is -2.37. The van der Waals surface area contributed by atoms with Crippen LogP contribution in [0.15, 0.2) is 51.7 Å². The van der Waals surface area contributed by atoms with Crippen molar-refractivity contribution in [3.05, 3.63) is 69.0 Å². The Labute approximate surface area is 184 Å². The van der Waals surface area contributed by atoms with Gasteiger partial charge in [0.05, 0.1) is 11.6 Å². The molecular formula is C23H23ClN2O5. The first-order valence-corrected chi connectivity index (χ1v) is 10.1. The van der Waals surface area contributed by atoms with Crippen molar-refractivity contribution in [3.8, 4) is 5.75 Å². The largest absolute Gasteiger partial charge is 0.482 e. The summed E-state index contributed by atoms with van der Waals surface area (Å²) in [5.74, 6) is -0.496. The van der Waals surface area contributed by atoms with Crippen molar-refractivity contribution in [1.82, 2.24) is 4.90 Å². The van der Waals surface area contributed by atoms with Crippen molar-refractivity contribution in [1.29, 1.82) is 0 Å². The van der Waals surface area contributed by atoms with Gasteiger partial charge in [0.15, 0.2) is 6.61 Å². The second-order valence-corrected chi connectivity index (χ2v) is 7.53. The Morgan fingerprint density at radius 2 is 1.94 bits per heavy atom. The third-order valence-corrected chi connectivity index (χ3v) is 5.13. The molecule has 3 rings (SSSR count). The minimum atomic E-state index is -0.482. The van der Waals surface area contributed by atoms with Gasteiger partial charge in [-0.3, -0.25) is 9.59 Å². The van der Waals surface area contributed by atoms with Crippen molar-refractivity contribution in [2.45, 2.75) is 20.3 Å². The normalized spacial score (nSPS) is 10.7. The molecule has 31 heavy (non-hydrogen) atoms. The molecule has 0 fully saturated rings. The highest BCUT2D eigenvalue weighted by Gasteiger charge is 2.16. The number of hydrogen-bond donors (Lipinski definition) is 1. The van der Waals surface area contributed by atoms with Crippen LogP contribution in [0.3, 0.4) is 0 Å². The molecule has 0 saturated carbocycles. The Morgan fingerprint density at radius 3 is 2.68 bits per heavy atom. The summed E-state index contributed by atoms with van der Waals surface area (Å²) in [6, 6.07) is 12.0. The summed E-state index contributed by atoms with van der Waals surface area (Å²) >= 11 is 6.25. The number of aryl methyl sites for hydroxylation is 2. The highest BCUT2D eigenvalue weighted by molar-refractivity contribution is 6.32. The first-order valence-electron chi connectivity index (χ1n) is 9.77. The Morgan fingerprint density at radius 1 is 1.19 bits per heavy atom. The van der Waals surface area contributed by atoms with Crippen LogP contribution >= 0.6 is 11.6 Å². The number of amides is 2. The predicted octanol–water partition coefficient (Wildman–Crippen LogP) is 3.79. The van der Waals surface area contributed by atoms with E-state index in [1.54, 1.807) is 13.0 Å². The van der Waals surface area contributed by atoms with Crippen LogP contribution in [0.2, 0.25) is 5.02 Å². The number of fused-ring (bicyclic) bond motifs is 1. The Balaban J connectivity index is 1.62. The minimum Gasteiger partial charge on any atom is -0.482 e. The SMILES string of the molecule is CCc1ccccc1NC(=O)CN(C)C(=O)COc1cc2oc(=O)cc(C)c2cc1Cl. The van der Waals surface area contributed by atoms with Gasteiger partial charge in [0.2, 0.25) is 5.91 Å². The number of carbonyl (C=O) groups excluding carboxylic acids is 2. The van der Waals surface area contributed by atoms with Gasteiger partial charge in [0, 0.05) is 30.3 Å². The summed E-state index contributed by atoms with van der Waals surface area (Å²) in [6.45, 7) is 3.33. The molecule has 162 valence electrons. The Kier molecular flexibility index (Phi) is 6.97. The van der Waals surface area contributed by atoms with Crippen LogP contribution in [0.1, 0.15) is 18.1 Å². The van der Waals surface area contributed by atoms with Gasteiger partial charge in [-0.05, 0) is 36.6 Å². The quantitative estimate of drug-likeness (QED) is 0.562. The van der Waals surface area contributed by atoms with Crippen LogP contribution in [-0.2, 0) is 16.0 Å². The fourth-order valence-corrected chi connectivity index (χ4v) is 3.34. The average Bonchev–Trinajstić information content (AvgIpc) is 2.72. The number of hydrogen-bond acceptors (Lipinski definition) is 5. The van der Waals surface area contributed by atoms with Crippen molar-refractivity contribution in [2.75, 3.05) is 25.5 Å². The fourth-order valence-electron chi connectivity index (χ4n) is 3.12. The lowest BCUT2D eigenvalue weighted by Gasteiger charge is -2.18. The molecule has 2 amide bonds. The van der Waals surface area contributed by atoms with E-state index in [2.05, 4.69) is 5.32 Å². The third kappa shape index (κ3) is 5.44. The van der Waals surface area contributed by atoms with Crippen molar-refractivity contribution < 1.29 is 18.7 Å². The van der Waals surface area contributed by atoms with Gasteiger partial charge < -0.3 is 19.4 Å². The van der Waals surface area contributed by atoms with Crippen molar-refractivity contribution in [2.24, 2.45) is 0 Å². The zero-order valence-electron chi connectivity index (χ0n) is 17.5. The molecule has 0 radical (unpaired) electrons. The number of anilines is 1. The minimum absolute atomic E-state index is 0.125. The number of nitrogens with zero attached hydrogens (tertiary/aromatic N) is 1. The first kappa shape index (κ1) is 22.4. The lowest BCUT2D eigenvalue weighted by atomic mass is 10.1. The molecule has 8 heteroatoms. The topological polar surface area (TPSA) is 88.8 Å². The predicted molar refractivity (Wildman–Crippen MR) is 120 cm³/mol. The molecule has 0 unspecified atom stereocenters. The molecule has 7 nitrogen and oxygen atoms in total. The van der Waals surface area contributed by atoms with Gasteiger partial charge in [-0.2, -0.15) is 0 Å². The molecule has 0 aliphatic rings. The van der Waals surface area contributed by atoms with Crippen LogP contribution in [0.4, 0.5) is 5.69 Å². The number of nitrogens with one attached hydrogen (secondary N) is 1. The number of rotatable bonds is 7. The summed E-state index contributed by atoms with van der Waals surface area (Å²) in [6.07, 6.45) is 0.783.